The molecule has 0 aliphatic carbocycles. The van der Waals surface area contributed by atoms with Crippen molar-refractivity contribution in [1.82, 2.24) is 0 Å². The number of carboxylic acid groups (broad SMARTS) is 1. The number of benzene rings is 1. The van der Waals surface area contributed by atoms with Crippen LogP contribution in [0.15, 0.2) is 24.3 Å². The van der Waals surface area contributed by atoms with Gasteiger partial charge in [0.1, 0.15) is 6.04 Å². The van der Waals surface area contributed by atoms with Gasteiger partial charge in [0.2, 0.25) is 0 Å². The van der Waals surface area contributed by atoms with Gasteiger partial charge in [-0.1, -0.05) is 12.1 Å². The Morgan fingerprint density at radius 2 is 1.56 bits per heavy atom. The van der Waals surface area contributed by atoms with Gasteiger partial charge in [0.05, 0.1) is 5.56 Å². The predicted molar refractivity (Wildman–Crippen MR) is 51.0 cm³/mol. The zero-order valence-electron chi connectivity index (χ0n) is 8.71. The molecule has 3 N–H and O–H groups in total. The molecule has 1 aromatic carbocycles. The molecule has 1 rings (SSSR count). The number of carbonyl (C=O) groups is 1. The summed E-state index contributed by atoms with van der Waals surface area (Å²) in [7, 11) is 0. The molecule has 1 atom stereocenters. The number of rotatable bonds is 3. The minimum atomic E-state index is -4.60. The summed E-state index contributed by atoms with van der Waals surface area (Å²) in [4.78, 5) is 10.3. The molecule has 0 saturated carbocycles. The highest BCUT2D eigenvalue weighted by atomic mass is 19.4. The van der Waals surface area contributed by atoms with E-state index < -0.39 is 35.2 Å². The Morgan fingerprint density at radius 1 is 1.11 bits per heavy atom. The Balaban J connectivity index is 3.03. The zero-order chi connectivity index (χ0) is 14.1. The molecular formula is C10H8F5NO2. The SMILES string of the molecule is N[C@@H](c1ccc(C(F)(F)F)cc1)C(F)(F)C(=O)O. The molecule has 0 heterocycles. The van der Waals surface area contributed by atoms with Crippen molar-refractivity contribution in [2.75, 3.05) is 0 Å². The van der Waals surface area contributed by atoms with Crippen LogP contribution in [0.4, 0.5) is 22.0 Å². The van der Waals surface area contributed by atoms with Crippen molar-refractivity contribution >= 4 is 5.97 Å². The van der Waals surface area contributed by atoms with Gasteiger partial charge in [0.25, 0.3) is 0 Å². The third kappa shape index (κ3) is 2.76. The predicted octanol–water partition coefficient (Wildman–Crippen LogP) is 2.43. The van der Waals surface area contributed by atoms with Crippen molar-refractivity contribution in [3.8, 4) is 0 Å². The third-order valence-electron chi connectivity index (χ3n) is 2.27. The minimum Gasteiger partial charge on any atom is -0.477 e. The molecule has 0 amide bonds. The zero-order valence-corrected chi connectivity index (χ0v) is 8.71. The fraction of sp³-hybridized carbons (Fsp3) is 0.300. The topological polar surface area (TPSA) is 63.3 Å². The molecule has 1 aromatic rings. The van der Waals surface area contributed by atoms with Crippen molar-refractivity contribution in [3.05, 3.63) is 35.4 Å². The lowest BCUT2D eigenvalue weighted by Crippen LogP contribution is -2.40. The fourth-order valence-corrected chi connectivity index (χ4v) is 1.22. The van der Waals surface area contributed by atoms with Gasteiger partial charge in [-0.25, -0.2) is 4.79 Å². The molecule has 0 aliphatic rings. The first kappa shape index (κ1) is 14.4. The van der Waals surface area contributed by atoms with Crippen LogP contribution in [-0.2, 0) is 11.0 Å². The molecule has 0 spiro atoms. The van der Waals surface area contributed by atoms with E-state index >= 15 is 0 Å². The highest BCUT2D eigenvalue weighted by Gasteiger charge is 2.46. The molecule has 100 valence electrons. The number of nitrogens with two attached hydrogens (primary N) is 1. The van der Waals surface area contributed by atoms with Crippen LogP contribution in [0.2, 0.25) is 0 Å². The fourth-order valence-electron chi connectivity index (χ4n) is 1.22. The van der Waals surface area contributed by atoms with E-state index in [-0.39, 0.29) is 0 Å². The summed E-state index contributed by atoms with van der Waals surface area (Å²) in [6.07, 6.45) is -4.60. The van der Waals surface area contributed by atoms with Crippen LogP contribution in [0.25, 0.3) is 0 Å². The molecular weight excluding hydrogens is 261 g/mol. The van der Waals surface area contributed by atoms with Gasteiger partial charge in [-0.2, -0.15) is 22.0 Å². The minimum absolute atomic E-state index is 0.393. The van der Waals surface area contributed by atoms with Gasteiger partial charge < -0.3 is 10.8 Å². The van der Waals surface area contributed by atoms with E-state index in [1.807, 2.05) is 0 Å². The largest absolute Gasteiger partial charge is 0.477 e. The lowest BCUT2D eigenvalue weighted by Gasteiger charge is -2.20. The summed E-state index contributed by atoms with van der Waals surface area (Å²) in [6, 6.07) is 0.367. The van der Waals surface area contributed by atoms with E-state index in [0.29, 0.717) is 12.1 Å². The maximum Gasteiger partial charge on any atom is 0.416 e. The Bertz CT molecular complexity index is 441. The van der Waals surface area contributed by atoms with E-state index in [9.17, 15) is 26.7 Å². The molecule has 0 aromatic heterocycles. The first-order chi connectivity index (χ1) is 8.06. The van der Waals surface area contributed by atoms with Crippen LogP contribution in [0, 0.1) is 0 Å². The molecule has 8 heteroatoms. The van der Waals surface area contributed by atoms with Gasteiger partial charge in [0, 0.05) is 0 Å². The van der Waals surface area contributed by atoms with Gasteiger partial charge in [-0.05, 0) is 17.7 Å². The van der Waals surface area contributed by atoms with Gasteiger partial charge >= 0.3 is 18.1 Å². The number of aliphatic carboxylic acids is 1. The second kappa shape index (κ2) is 4.52. The Labute approximate surface area is 98.0 Å². The summed E-state index contributed by atoms with van der Waals surface area (Å²) in [5.74, 6) is -6.69. The summed E-state index contributed by atoms with van der Waals surface area (Å²) in [6.45, 7) is 0. The van der Waals surface area contributed by atoms with Gasteiger partial charge in [0.15, 0.2) is 0 Å². The molecule has 0 unspecified atom stereocenters. The monoisotopic (exact) mass is 269 g/mol. The lowest BCUT2D eigenvalue weighted by atomic mass is 10.00. The summed E-state index contributed by atoms with van der Waals surface area (Å²) >= 11 is 0. The van der Waals surface area contributed by atoms with Crippen LogP contribution < -0.4 is 5.73 Å². The van der Waals surface area contributed by atoms with Crippen molar-refractivity contribution in [2.24, 2.45) is 5.73 Å². The average molecular weight is 269 g/mol. The lowest BCUT2D eigenvalue weighted by molar-refractivity contribution is -0.168. The molecule has 0 aliphatic heterocycles. The maximum absolute atomic E-state index is 13.0. The first-order valence-electron chi connectivity index (χ1n) is 4.60. The number of carboxylic acids is 1. The van der Waals surface area contributed by atoms with Crippen LogP contribution in [0.1, 0.15) is 17.2 Å². The van der Waals surface area contributed by atoms with Crippen LogP contribution in [0.3, 0.4) is 0 Å². The number of hydrogen-bond donors (Lipinski definition) is 2. The normalized spacial score (nSPS) is 14.3. The molecule has 3 nitrogen and oxygen atoms in total. The molecule has 0 fully saturated rings. The standard InChI is InChI=1S/C10H8F5NO2/c11-9(12,8(17)18)7(16)5-1-3-6(4-2-5)10(13,14)15/h1-4,7H,16H2,(H,17,18)/t7-/m0/s1. The first-order valence-corrected chi connectivity index (χ1v) is 4.60. The quantitative estimate of drug-likeness (QED) is 0.828. The number of halogens is 5. The van der Waals surface area contributed by atoms with Crippen molar-refractivity contribution in [3.63, 3.8) is 0 Å². The number of hydrogen-bond acceptors (Lipinski definition) is 2. The summed E-state index contributed by atoms with van der Waals surface area (Å²) in [5.41, 5.74) is 3.60. The van der Waals surface area contributed by atoms with E-state index in [1.165, 1.54) is 0 Å². The second-order valence-corrected chi connectivity index (χ2v) is 3.53. The highest BCUT2D eigenvalue weighted by Crippen LogP contribution is 2.33. The average Bonchev–Trinajstić information content (AvgIpc) is 2.26. The van der Waals surface area contributed by atoms with E-state index in [2.05, 4.69) is 0 Å². The third-order valence-corrected chi connectivity index (χ3v) is 2.27. The van der Waals surface area contributed by atoms with Gasteiger partial charge in [-0.15, -0.1) is 0 Å². The van der Waals surface area contributed by atoms with Crippen molar-refractivity contribution < 1.29 is 31.9 Å². The number of alkyl halides is 5. The molecule has 0 saturated heterocycles. The molecule has 0 bridgehead atoms. The van der Waals surface area contributed by atoms with Crippen LogP contribution >= 0.6 is 0 Å². The van der Waals surface area contributed by atoms with Crippen molar-refractivity contribution in [1.29, 1.82) is 0 Å². The second-order valence-electron chi connectivity index (χ2n) is 3.53. The summed E-state index contributed by atoms with van der Waals surface area (Å²) in [5, 5.41) is 8.25. The summed E-state index contributed by atoms with van der Waals surface area (Å²) < 4.78 is 62.7. The maximum atomic E-state index is 13.0. The Hall–Kier alpha value is -1.70. The molecule has 0 radical (unpaired) electrons. The van der Waals surface area contributed by atoms with Crippen molar-refractivity contribution in [2.45, 2.75) is 18.1 Å². The van der Waals surface area contributed by atoms with Crippen LogP contribution in [-0.4, -0.2) is 17.0 Å². The van der Waals surface area contributed by atoms with Gasteiger partial charge in [-0.3, -0.25) is 0 Å². The Morgan fingerprint density at radius 3 is 1.89 bits per heavy atom. The van der Waals surface area contributed by atoms with E-state index in [1.54, 1.807) is 0 Å². The smallest absolute Gasteiger partial charge is 0.416 e. The van der Waals surface area contributed by atoms with Crippen LogP contribution in [0.5, 0.6) is 0 Å². The molecule has 18 heavy (non-hydrogen) atoms. The van der Waals surface area contributed by atoms with E-state index in [4.69, 9.17) is 10.8 Å². The van der Waals surface area contributed by atoms with E-state index in [0.717, 1.165) is 12.1 Å². The highest BCUT2D eigenvalue weighted by molar-refractivity contribution is 5.76. The Kier molecular flexibility index (Phi) is 3.61.